The Kier molecular flexibility index (Phi) is 5.83. The number of anilines is 1. The minimum absolute atomic E-state index is 0.0393. The first kappa shape index (κ1) is 20.4. The van der Waals surface area contributed by atoms with Crippen molar-refractivity contribution < 1.29 is 30.5 Å². The lowest BCUT2D eigenvalue weighted by Crippen LogP contribution is -2.27. The molecule has 0 radical (unpaired) electrons. The maximum absolute atomic E-state index is 12.5. The van der Waals surface area contributed by atoms with Crippen molar-refractivity contribution >= 4 is 21.7 Å². The highest BCUT2D eigenvalue weighted by atomic mass is 32.2. The van der Waals surface area contributed by atoms with Crippen molar-refractivity contribution in [3.8, 4) is 11.5 Å². The van der Waals surface area contributed by atoms with Crippen LogP contribution in [0.15, 0.2) is 54.7 Å². The van der Waals surface area contributed by atoms with Gasteiger partial charge in [0.2, 0.25) is 0 Å². The number of nitrogens with two attached hydrogens (primary N) is 3. The van der Waals surface area contributed by atoms with Gasteiger partial charge in [-0.2, -0.15) is 13.6 Å². The average molecular weight is 404 g/mol. The van der Waals surface area contributed by atoms with Gasteiger partial charge in [-0.15, -0.1) is 13.2 Å². The van der Waals surface area contributed by atoms with Crippen LogP contribution >= 0.6 is 0 Å². The monoisotopic (exact) mass is 404 g/mol. The van der Waals surface area contributed by atoms with Crippen molar-refractivity contribution in [2.75, 3.05) is 5.01 Å². The highest BCUT2D eigenvalue weighted by Gasteiger charge is 2.32. The maximum Gasteiger partial charge on any atom is 0.573 e. The summed E-state index contributed by atoms with van der Waals surface area (Å²) in [6.45, 7) is 0. The Labute approximate surface area is 152 Å². The molecule has 0 amide bonds. The second kappa shape index (κ2) is 7.73. The van der Waals surface area contributed by atoms with E-state index in [2.05, 4.69) is 8.92 Å². The van der Waals surface area contributed by atoms with Crippen LogP contribution in [0.2, 0.25) is 0 Å². The number of hydrogen-bond donors (Lipinski definition) is 3. The van der Waals surface area contributed by atoms with E-state index < -0.39 is 22.4 Å². The summed E-state index contributed by atoms with van der Waals surface area (Å²) in [6.07, 6.45) is -3.71. The van der Waals surface area contributed by atoms with Gasteiger partial charge in [-0.25, -0.2) is 5.84 Å². The largest absolute Gasteiger partial charge is 0.573 e. The first-order valence-corrected chi connectivity index (χ1v) is 8.60. The molecule has 27 heavy (non-hydrogen) atoms. The zero-order chi connectivity index (χ0) is 20.2. The summed E-state index contributed by atoms with van der Waals surface area (Å²) >= 11 is 0. The molecular formula is C15H15F3N4O4S. The summed E-state index contributed by atoms with van der Waals surface area (Å²) in [4.78, 5) is 0. The van der Waals surface area contributed by atoms with Crippen LogP contribution in [0.25, 0.3) is 5.70 Å². The van der Waals surface area contributed by atoms with Gasteiger partial charge >= 0.3 is 16.7 Å². The van der Waals surface area contributed by atoms with Crippen LogP contribution in [0.5, 0.6) is 11.5 Å². The number of para-hydroxylation sites is 2. The summed E-state index contributed by atoms with van der Waals surface area (Å²) in [5, 5.41) is 5.62. The fraction of sp³-hybridized carbons (Fsp3) is 0.0667. The van der Waals surface area contributed by atoms with Crippen molar-refractivity contribution in [3.05, 3.63) is 60.3 Å². The number of rotatable bonds is 6. The zero-order valence-electron chi connectivity index (χ0n) is 13.6. The van der Waals surface area contributed by atoms with Crippen LogP contribution < -0.4 is 30.6 Å². The molecule has 146 valence electrons. The van der Waals surface area contributed by atoms with Gasteiger partial charge in [0.05, 0.1) is 11.4 Å². The van der Waals surface area contributed by atoms with Crippen LogP contribution in [0.3, 0.4) is 0 Å². The van der Waals surface area contributed by atoms with E-state index >= 15 is 0 Å². The molecule has 0 spiro atoms. The van der Waals surface area contributed by atoms with E-state index in [1.807, 2.05) is 0 Å². The smallest absolute Gasteiger partial charge is 0.403 e. The Morgan fingerprint density at radius 3 is 2.22 bits per heavy atom. The Balaban J connectivity index is 2.23. The molecule has 0 aromatic heterocycles. The van der Waals surface area contributed by atoms with Gasteiger partial charge in [-0.1, -0.05) is 12.1 Å². The standard InChI is InChI=1S/C15H15F3N4O4S/c16-15(17,18)25-14-4-2-1-3-13(14)22(20)9-12(19)10-5-7-11(8-6-10)26-27(21,23)24/h1-9H,19-20H2,(H2,21,23,24)/b12-9-. The quantitative estimate of drug-likeness (QED) is 0.494. The molecule has 8 nitrogen and oxygen atoms in total. The van der Waals surface area contributed by atoms with Gasteiger partial charge in [0, 0.05) is 6.20 Å². The third-order valence-electron chi connectivity index (χ3n) is 3.05. The molecule has 0 aliphatic heterocycles. The van der Waals surface area contributed by atoms with Crippen LogP contribution in [-0.4, -0.2) is 14.8 Å². The van der Waals surface area contributed by atoms with Gasteiger partial charge < -0.3 is 14.7 Å². The van der Waals surface area contributed by atoms with Crippen LogP contribution in [0, 0.1) is 0 Å². The third-order valence-corrected chi connectivity index (χ3v) is 3.47. The van der Waals surface area contributed by atoms with E-state index in [4.69, 9.17) is 16.7 Å². The molecule has 0 saturated heterocycles. The molecular weight excluding hydrogens is 389 g/mol. The summed E-state index contributed by atoms with van der Waals surface area (Å²) in [5.41, 5.74) is 6.29. The third kappa shape index (κ3) is 6.36. The molecule has 0 atom stereocenters. The van der Waals surface area contributed by atoms with Crippen molar-refractivity contribution in [3.63, 3.8) is 0 Å². The van der Waals surface area contributed by atoms with E-state index in [-0.39, 0.29) is 17.1 Å². The molecule has 6 N–H and O–H groups in total. The van der Waals surface area contributed by atoms with Gasteiger partial charge in [0.25, 0.3) is 0 Å². The van der Waals surface area contributed by atoms with E-state index in [9.17, 15) is 21.6 Å². The van der Waals surface area contributed by atoms with E-state index in [0.717, 1.165) is 11.1 Å². The number of ether oxygens (including phenoxy) is 1. The topological polar surface area (TPSA) is 134 Å². The molecule has 2 aromatic carbocycles. The van der Waals surface area contributed by atoms with Crippen LogP contribution in [-0.2, 0) is 10.3 Å². The average Bonchev–Trinajstić information content (AvgIpc) is 2.52. The molecule has 0 aliphatic carbocycles. The highest BCUT2D eigenvalue weighted by molar-refractivity contribution is 7.84. The molecule has 0 fully saturated rings. The van der Waals surface area contributed by atoms with Crippen LogP contribution in [0.4, 0.5) is 18.9 Å². The number of hydrogen-bond acceptors (Lipinski definition) is 7. The second-order valence-electron chi connectivity index (χ2n) is 5.11. The molecule has 0 bridgehead atoms. The summed E-state index contributed by atoms with van der Waals surface area (Å²) in [5.74, 6) is 5.23. The minimum Gasteiger partial charge on any atom is -0.403 e. The lowest BCUT2D eigenvalue weighted by molar-refractivity contribution is -0.274. The Morgan fingerprint density at radius 1 is 1.07 bits per heavy atom. The molecule has 2 aromatic rings. The first-order chi connectivity index (χ1) is 12.4. The van der Waals surface area contributed by atoms with Crippen molar-refractivity contribution in [2.45, 2.75) is 6.36 Å². The van der Waals surface area contributed by atoms with Gasteiger partial charge in [-0.3, -0.25) is 5.01 Å². The molecule has 0 heterocycles. The lowest BCUT2D eigenvalue weighted by Gasteiger charge is -2.19. The predicted molar refractivity (Wildman–Crippen MR) is 92.1 cm³/mol. The lowest BCUT2D eigenvalue weighted by atomic mass is 10.1. The molecule has 0 unspecified atom stereocenters. The molecule has 2 rings (SSSR count). The van der Waals surface area contributed by atoms with Crippen molar-refractivity contribution in [1.82, 2.24) is 0 Å². The predicted octanol–water partition coefficient (Wildman–Crippen LogP) is 1.80. The Bertz CT molecular complexity index is 931. The normalized spacial score (nSPS) is 12.6. The number of alkyl halides is 3. The number of hydrazine groups is 1. The highest BCUT2D eigenvalue weighted by Crippen LogP contribution is 2.32. The Hall–Kier alpha value is -2.96. The fourth-order valence-corrected chi connectivity index (χ4v) is 2.39. The van der Waals surface area contributed by atoms with Gasteiger partial charge in [0.1, 0.15) is 5.75 Å². The zero-order valence-corrected chi connectivity index (χ0v) is 14.4. The number of benzene rings is 2. The first-order valence-electron chi connectivity index (χ1n) is 7.13. The summed E-state index contributed by atoms with van der Waals surface area (Å²) in [7, 11) is -4.16. The maximum atomic E-state index is 12.5. The van der Waals surface area contributed by atoms with Gasteiger partial charge in [-0.05, 0) is 42.0 Å². The summed E-state index contributed by atoms with van der Waals surface area (Å²) < 4.78 is 67.6. The Morgan fingerprint density at radius 2 is 1.67 bits per heavy atom. The van der Waals surface area contributed by atoms with Gasteiger partial charge in [0.15, 0.2) is 5.75 Å². The molecule has 0 aliphatic rings. The summed E-state index contributed by atoms with van der Waals surface area (Å²) in [6, 6.07) is 10.7. The van der Waals surface area contributed by atoms with E-state index in [0.29, 0.717) is 5.56 Å². The SMILES string of the molecule is N/C(=C\N(N)c1ccccc1OC(F)(F)F)c1ccc(OS(N)(=O)=O)cc1. The fourth-order valence-electron chi connectivity index (χ4n) is 2.01. The number of nitrogens with zero attached hydrogens (tertiary/aromatic N) is 1. The van der Waals surface area contributed by atoms with E-state index in [1.54, 1.807) is 0 Å². The van der Waals surface area contributed by atoms with Crippen molar-refractivity contribution in [2.24, 2.45) is 16.7 Å². The molecule has 0 saturated carbocycles. The van der Waals surface area contributed by atoms with E-state index in [1.165, 1.54) is 48.7 Å². The van der Waals surface area contributed by atoms with Crippen LogP contribution in [0.1, 0.15) is 5.56 Å². The minimum atomic E-state index is -4.88. The number of halogens is 3. The second-order valence-corrected chi connectivity index (χ2v) is 6.26. The molecule has 12 heteroatoms. The van der Waals surface area contributed by atoms with Crippen molar-refractivity contribution in [1.29, 1.82) is 0 Å².